The third-order valence-electron chi connectivity index (χ3n) is 2.75. The lowest BCUT2D eigenvalue weighted by molar-refractivity contribution is 0.947. The molecule has 0 amide bonds. The van der Waals surface area contributed by atoms with E-state index in [0.29, 0.717) is 17.3 Å². The second-order valence-electron chi connectivity index (χ2n) is 4.58. The second-order valence-corrected chi connectivity index (χ2v) is 5.43. The zero-order valence-corrected chi connectivity index (χ0v) is 13.5. The molecule has 21 heavy (non-hydrogen) atoms. The van der Waals surface area contributed by atoms with Crippen LogP contribution in [0.25, 0.3) is 0 Å². The van der Waals surface area contributed by atoms with Gasteiger partial charge in [0.1, 0.15) is 5.82 Å². The molecule has 0 saturated heterocycles. The molecule has 2 aromatic rings. The number of nitrogens with zero attached hydrogens (tertiary/aromatic N) is 3. The topological polar surface area (TPSA) is 73.6 Å². The summed E-state index contributed by atoms with van der Waals surface area (Å²) in [5.74, 6) is 1.33. The third-order valence-corrected chi connectivity index (χ3v) is 3.40. The van der Waals surface area contributed by atoms with Crippen molar-refractivity contribution in [3.63, 3.8) is 0 Å². The van der Waals surface area contributed by atoms with Crippen LogP contribution >= 0.6 is 15.9 Å². The number of nitrogens with one attached hydrogen (secondary N) is 2. The van der Waals surface area contributed by atoms with Crippen LogP contribution in [0.4, 0.5) is 17.5 Å². The number of anilines is 3. The number of halogens is 1. The molecule has 0 atom stereocenters. The molecule has 1 heterocycles. The predicted octanol–water partition coefficient (Wildman–Crippen LogP) is 3.98. The van der Waals surface area contributed by atoms with Crippen LogP contribution in [0, 0.1) is 18.3 Å². The number of hydrogen-bond acceptors (Lipinski definition) is 5. The number of benzene rings is 1. The van der Waals surface area contributed by atoms with Crippen molar-refractivity contribution >= 4 is 33.4 Å². The number of rotatable bonds is 5. The smallest absolute Gasteiger partial charge is 0.224 e. The van der Waals surface area contributed by atoms with Crippen molar-refractivity contribution in [2.24, 2.45) is 0 Å². The highest BCUT2D eigenvalue weighted by atomic mass is 79.9. The van der Waals surface area contributed by atoms with Gasteiger partial charge in [-0.3, -0.25) is 0 Å². The third kappa shape index (κ3) is 4.17. The molecule has 0 bridgehead atoms. The van der Waals surface area contributed by atoms with Gasteiger partial charge in [-0.15, -0.1) is 0 Å². The maximum Gasteiger partial charge on any atom is 0.224 e. The largest absolute Gasteiger partial charge is 0.354 e. The summed E-state index contributed by atoms with van der Waals surface area (Å²) in [5.41, 5.74) is 2.35. The van der Waals surface area contributed by atoms with Crippen molar-refractivity contribution < 1.29 is 0 Å². The standard InChI is InChI=1S/C15H16BrN5/c1-3-6-18-15-19-10(2)7-14(21-15)20-13-5-4-11(9-17)8-12(13)16/h4-5,7-8H,3,6H2,1-2H3,(H2,18,19,20,21). The van der Waals surface area contributed by atoms with E-state index < -0.39 is 0 Å². The number of aryl methyl sites for hydroxylation is 1. The average molecular weight is 346 g/mol. The minimum Gasteiger partial charge on any atom is -0.354 e. The minimum absolute atomic E-state index is 0.608. The van der Waals surface area contributed by atoms with Crippen LogP contribution in [0.3, 0.4) is 0 Å². The summed E-state index contributed by atoms with van der Waals surface area (Å²) in [6.45, 7) is 4.86. The van der Waals surface area contributed by atoms with E-state index in [9.17, 15) is 0 Å². The van der Waals surface area contributed by atoms with Crippen LogP contribution in [0.2, 0.25) is 0 Å². The summed E-state index contributed by atoms with van der Waals surface area (Å²) < 4.78 is 0.820. The molecule has 0 fully saturated rings. The molecule has 6 heteroatoms. The maximum atomic E-state index is 8.88. The van der Waals surface area contributed by atoms with Crippen LogP contribution in [-0.2, 0) is 0 Å². The SMILES string of the molecule is CCCNc1nc(C)cc(Nc2ccc(C#N)cc2Br)n1. The molecule has 0 aliphatic heterocycles. The molecule has 1 aromatic carbocycles. The molecule has 0 aliphatic rings. The summed E-state index contributed by atoms with van der Waals surface area (Å²) in [6, 6.07) is 9.36. The van der Waals surface area contributed by atoms with Gasteiger partial charge >= 0.3 is 0 Å². The van der Waals surface area contributed by atoms with E-state index in [2.05, 4.69) is 49.5 Å². The highest BCUT2D eigenvalue weighted by Gasteiger charge is 2.05. The highest BCUT2D eigenvalue weighted by Crippen LogP contribution is 2.26. The molecule has 0 aliphatic carbocycles. The van der Waals surface area contributed by atoms with Gasteiger partial charge in [0.05, 0.1) is 17.3 Å². The lowest BCUT2D eigenvalue weighted by atomic mass is 10.2. The number of nitriles is 1. The van der Waals surface area contributed by atoms with Gasteiger partial charge in [-0.25, -0.2) is 4.98 Å². The van der Waals surface area contributed by atoms with Gasteiger partial charge in [-0.2, -0.15) is 10.2 Å². The van der Waals surface area contributed by atoms with Gasteiger partial charge in [0.25, 0.3) is 0 Å². The van der Waals surface area contributed by atoms with Gasteiger partial charge in [0.15, 0.2) is 0 Å². The van der Waals surface area contributed by atoms with Crippen LogP contribution in [0.15, 0.2) is 28.7 Å². The molecule has 5 nitrogen and oxygen atoms in total. The summed E-state index contributed by atoms with van der Waals surface area (Å²) in [6.07, 6.45) is 1.02. The van der Waals surface area contributed by atoms with E-state index in [4.69, 9.17) is 5.26 Å². The molecule has 0 spiro atoms. The Balaban J connectivity index is 2.23. The molecule has 108 valence electrons. The fourth-order valence-electron chi connectivity index (χ4n) is 1.77. The lowest BCUT2D eigenvalue weighted by Crippen LogP contribution is -2.07. The van der Waals surface area contributed by atoms with E-state index >= 15 is 0 Å². The number of aromatic nitrogens is 2. The molecule has 0 saturated carbocycles. The molecule has 2 rings (SSSR count). The Hall–Kier alpha value is -2.13. The Morgan fingerprint density at radius 2 is 2.10 bits per heavy atom. The van der Waals surface area contributed by atoms with Gasteiger partial charge in [-0.05, 0) is 47.5 Å². The highest BCUT2D eigenvalue weighted by molar-refractivity contribution is 9.10. The van der Waals surface area contributed by atoms with Gasteiger partial charge in [-0.1, -0.05) is 6.92 Å². The zero-order chi connectivity index (χ0) is 15.2. The Kier molecular flexibility index (Phi) is 5.12. The molecular formula is C15H16BrN5. The van der Waals surface area contributed by atoms with Crippen LogP contribution in [-0.4, -0.2) is 16.5 Å². The first-order valence-electron chi connectivity index (χ1n) is 6.68. The van der Waals surface area contributed by atoms with Gasteiger partial charge in [0, 0.05) is 22.8 Å². The predicted molar refractivity (Wildman–Crippen MR) is 87.7 cm³/mol. The monoisotopic (exact) mass is 345 g/mol. The summed E-state index contributed by atoms with van der Waals surface area (Å²) in [5, 5.41) is 15.3. The average Bonchev–Trinajstić information content (AvgIpc) is 2.46. The minimum atomic E-state index is 0.608. The van der Waals surface area contributed by atoms with Crippen molar-refractivity contribution in [1.29, 1.82) is 5.26 Å². The number of hydrogen-bond donors (Lipinski definition) is 2. The Labute approximate surface area is 132 Å². The molecule has 0 radical (unpaired) electrons. The first-order chi connectivity index (χ1) is 10.1. The maximum absolute atomic E-state index is 8.88. The Morgan fingerprint density at radius 3 is 2.76 bits per heavy atom. The lowest BCUT2D eigenvalue weighted by Gasteiger charge is -2.11. The molecular weight excluding hydrogens is 330 g/mol. The first-order valence-corrected chi connectivity index (χ1v) is 7.48. The van der Waals surface area contributed by atoms with Crippen molar-refractivity contribution in [3.8, 4) is 6.07 Å². The van der Waals surface area contributed by atoms with Crippen LogP contribution < -0.4 is 10.6 Å². The Morgan fingerprint density at radius 1 is 1.29 bits per heavy atom. The Bertz CT molecular complexity index is 678. The fourth-order valence-corrected chi connectivity index (χ4v) is 2.25. The zero-order valence-electron chi connectivity index (χ0n) is 11.9. The van der Waals surface area contributed by atoms with Gasteiger partial charge < -0.3 is 10.6 Å². The first kappa shape index (κ1) is 15.3. The van der Waals surface area contributed by atoms with Crippen molar-refractivity contribution in [2.45, 2.75) is 20.3 Å². The van der Waals surface area contributed by atoms with Crippen LogP contribution in [0.5, 0.6) is 0 Å². The van der Waals surface area contributed by atoms with Crippen molar-refractivity contribution in [2.75, 3.05) is 17.2 Å². The summed E-state index contributed by atoms with van der Waals surface area (Å²) in [4.78, 5) is 8.78. The van der Waals surface area contributed by atoms with E-state index in [0.717, 1.165) is 28.8 Å². The molecule has 1 aromatic heterocycles. The van der Waals surface area contributed by atoms with E-state index in [1.54, 1.807) is 12.1 Å². The van der Waals surface area contributed by atoms with E-state index in [1.807, 2.05) is 19.1 Å². The van der Waals surface area contributed by atoms with Crippen molar-refractivity contribution in [3.05, 3.63) is 40.0 Å². The van der Waals surface area contributed by atoms with Crippen molar-refractivity contribution in [1.82, 2.24) is 9.97 Å². The van der Waals surface area contributed by atoms with Crippen LogP contribution in [0.1, 0.15) is 24.6 Å². The quantitative estimate of drug-likeness (QED) is 0.857. The van der Waals surface area contributed by atoms with E-state index in [1.165, 1.54) is 0 Å². The van der Waals surface area contributed by atoms with Gasteiger partial charge in [0.2, 0.25) is 5.95 Å². The molecule has 2 N–H and O–H groups in total. The summed E-state index contributed by atoms with van der Waals surface area (Å²) >= 11 is 3.45. The fraction of sp³-hybridized carbons (Fsp3) is 0.267. The molecule has 0 unspecified atom stereocenters. The summed E-state index contributed by atoms with van der Waals surface area (Å²) in [7, 11) is 0. The second kappa shape index (κ2) is 7.04. The van der Waals surface area contributed by atoms with E-state index in [-0.39, 0.29) is 0 Å². The normalized spacial score (nSPS) is 10.0.